The van der Waals surface area contributed by atoms with Gasteiger partial charge in [-0.2, -0.15) is 0 Å². The van der Waals surface area contributed by atoms with Crippen molar-refractivity contribution in [3.8, 4) is 5.75 Å². The van der Waals surface area contributed by atoms with Gasteiger partial charge in [-0.1, -0.05) is 43.0 Å². The van der Waals surface area contributed by atoms with Crippen LogP contribution < -0.4 is 5.32 Å². The van der Waals surface area contributed by atoms with Crippen LogP contribution in [0.25, 0.3) is 0 Å². The van der Waals surface area contributed by atoms with Gasteiger partial charge in [0.15, 0.2) is 5.75 Å². The zero-order valence-electron chi connectivity index (χ0n) is 9.84. The Morgan fingerprint density at radius 2 is 1.94 bits per heavy atom. The van der Waals surface area contributed by atoms with Gasteiger partial charge in [0.1, 0.15) is 0 Å². The smallest absolute Gasteiger partial charge is 0.152 e. The fraction of sp³-hybridized carbons (Fsp3) is 0.538. The monoisotopic (exact) mass is 273 g/mol. The summed E-state index contributed by atoms with van der Waals surface area (Å²) in [4.78, 5) is 0. The number of rotatable bonds is 3. The maximum absolute atomic E-state index is 9.50. The molecule has 0 radical (unpaired) electrons. The molecule has 2 atom stereocenters. The van der Waals surface area contributed by atoms with Crippen LogP contribution in [0.5, 0.6) is 5.75 Å². The second-order valence-corrected chi connectivity index (χ2v) is 5.45. The Balaban J connectivity index is 2.13. The maximum atomic E-state index is 9.50. The van der Waals surface area contributed by atoms with Crippen molar-refractivity contribution in [2.75, 3.05) is 5.32 Å². The van der Waals surface area contributed by atoms with Crippen LogP contribution in [0.4, 0.5) is 5.69 Å². The highest BCUT2D eigenvalue weighted by Gasteiger charge is 2.25. The number of hydrogen-bond acceptors (Lipinski definition) is 2. The minimum absolute atomic E-state index is 0.0441. The lowest BCUT2D eigenvalue weighted by Gasteiger charge is -2.21. The van der Waals surface area contributed by atoms with Crippen molar-refractivity contribution in [1.82, 2.24) is 0 Å². The van der Waals surface area contributed by atoms with Crippen LogP contribution in [0.1, 0.15) is 32.6 Å². The molecule has 17 heavy (non-hydrogen) atoms. The summed E-state index contributed by atoms with van der Waals surface area (Å²) in [6.45, 7) is 2.22. The summed E-state index contributed by atoms with van der Waals surface area (Å²) in [5, 5.41) is 13.6. The average Bonchev–Trinajstić information content (AvgIpc) is 2.73. The minimum atomic E-state index is -0.0441. The Bertz CT molecular complexity index is 385. The average molecular weight is 274 g/mol. The van der Waals surface area contributed by atoms with Gasteiger partial charge < -0.3 is 10.4 Å². The van der Waals surface area contributed by atoms with Crippen molar-refractivity contribution in [2.24, 2.45) is 5.92 Å². The number of benzene rings is 1. The SMILES string of the molecule is CCC1CCCC1Nc1cc(Cl)c(O)c(Cl)c1. The minimum Gasteiger partial charge on any atom is -0.505 e. The fourth-order valence-corrected chi connectivity index (χ4v) is 3.07. The molecule has 2 N–H and O–H groups in total. The standard InChI is InChI=1S/C13H17Cl2NO/c1-2-8-4-3-5-12(8)16-9-6-10(14)13(17)11(15)7-9/h6-8,12,16-17H,2-5H2,1H3. The summed E-state index contributed by atoms with van der Waals surface area (Å²) in [5.74, 6) is 0.679. The van der Waals surface area contributed by atoms with Gasteiger partial charge in [-0.25, -0.2) is 0 Å². The van der Waals surface area contributed by atoms with Crippen molar-refractivity contribution in [1.29, 1.82) is 0 Å². The van der Waals surface area contributed by atoms with E-state index < -0.39 is 0 Å². The van der Waals surface area contributed by atoms with Crippen LogP contribution in [0.3, 0.4) is 0 Å². The molecule has 0 spiro atoms. The Morgan fingerprint density at radius 3 is 2.53 bits per heavy atom. The molecule has 0 heterocycles. The zero-order chi connectivity index (χ0) is 12.4. The Kier molecular flexibility index (Phi) is 4.05. The number of phenols is 1. The number of aromatic hydroxyl groups is 1. The molecule has 94 valence electrons. The largest absolute Gasteiger partial charge is 0.505 e. The zero-order valence-corrected chi connectivity index (χ0v) is 11.4. The molecule has 1 aliphatic carbocycles. The highest BCUT2D eigenvalue weighted by atomic mass is 35.5. The topological polar surface area (TPSA) is 32.3 Å². The molecule has 0 aliphatic heterocycles. The van der Waals surface area contributed by atoms with Gasteiger partial charge in [0.05, 0.1) is 10.0 Å². The number of nitrogens with one attached hydrogen (secondary N) is 1. The first-order valence-corrected chi connectivity index (χ1v) is 6.82. The molecule has 1 saturated carbocycles. The van der Waals surface area contributed by atoms with Crippen LogP contribution in [0.2, 0.25) is 10.0 Å². The molecule has 0 bridgehead atoms. The van der Waals surface area contributed by atoms with Gasteiger partial charge in [0.2, 0.25) is 0 Å². The molecule has 2 rings (SSSR count). The van der Waals surface area contributed by atoms with E-state index in [2.05, 4.69) is 12.2 Å². The predicted octanol–water partition coefficient (Wildman–Crippen LogP) is 4.69. The van der Waals surface area contributed by atoms with Crippen molar-refractivity contribution in [3.63, 3.8) is 0 Å². The van der Waals surface area contributed by atoms with E-state index in [4.69, 9.17) is 23.2 Å². The third-order valence-electron chi connectivity index (χ3n) is 3.55. The van der Waals surface area contributed by atoms with Crippen LogP contribution in [0, 0.1) is 5.92 Å². The van der Waals surface area contributed by atoms with E-state index in [1.807, 2.05) is 0 Å². The van der Waals surface area contributed by atoms with Gasteiger partial charge in [-0.15, -0.1) is 0 Å². The number of halogens is 2. The first kappa shape index (κ1) is 12.8. The van der Waals surface area contributed by atoms with Crippen LogP contribution in [0.15, 0.2) is 12.1 Å². The Hall–Kier alpha value is -0.600. The van der Waals surface area contributed by atoms with Crippen molar-refractivity contribution in [2.45, 2.75) is 38.6 Å². The van der Waals surface area contributed by atoms with Crippen molar-refractivity contribution >= 4 is 28.9 Å². The third kappa shape index (κ3) is 2.80. The molecule has 0 saturated heterocycles. The number of hydrogen-bond donors (Lipinski definition) is 2. The molecular weight excluding hydrogens is 257 g/mol. The van der Waals surface area contributed by atoms with Crippen LogP contribution in [-0.4, -0.2) is 11.1 Å². The van der Waals surface area contributed by atoms with Crippen molar-refractivity contribution in [3.05, 3.63) is 22.2 Å². The molecule has 0 amide bonds. The van der Waals surface area contributed by atoms with E-state index >= 15 is 0 Å². The van der Waals surface area contributed by atoms with E-state index in [0.717, 1.165) is 11.6 Å². The van der Waals surface area contributed by atoms with E-state index in [1.54, 1.807) is 12.1 Å². The molecular formula is C13H17Cl2NO. The summed E-state index contributed by atoms with van der Waals surface area (Å²) in [7, 11) is 0. The van der Waals surface area contributed by atoms with Gasteiger partial charge >= 0.3 is 0 Å². The molecule has 4 heteroatoms. The molecule has 2 unspecified atom stereocenters. The maximum Gasteiger partial charge on any atom is 0.152 e. The van der Waals surface area contributed by atoms with Gasteiger partial charge in [0, 0.05) is 11.7 Å². The summed E-state index contributed by atoms with van der Waals surface area (Å²) in [6, 6.07) is 3.96. The number of anilines is 1. The lowest BCUT2D eigenvalue weighted by Crippen LogP contribution is -2.23. The molecule has 1 aromatic rings. The Labute approximate surface area is 112 Å². The van der Waals surface area contributed by atoms with E-state index in [9.17, 15) is 5.11 Å². The molecule has 1 aromatic carbocycles. The molecule has 2 nitrogen and oxygen atoms in total. The van der Waals surface area contributed by atoms with Crippen LogP contribution >= 0.6 is 23.2 Å². The summed E-state index contributed by atoms with van der Waals surface area (Å²) in [6.07, 6.45) is 4.94. The summed E-state index contributed by atoms with van der Waals surface area (Å²) in [5.41, 5.74) is 0.892. The molecule has 1 aliphatic rings. The van der Waals surface area contributed by atoms with Crippen molar-refractivity contribution < 1.29 is 5.11 Å². The first-order chi connectivity index (χ1) is 8.11. The lowest BCUT2D eigenvalue weighted by atomic mass is 10.0. The van der Waals surface area contributed by atoms with Gasteiger partial charge in [-0.05, 0) is 30.9 Å². The second kappa shape index (κ2) is 5.36. The lowest BCUT2D eigenvalue weighted by molar-refractivity contribution is 0.475. The van der Waals surface area contributed by atoms with E-state index in [0.29, 0.717) is 16.1 Å². The highest BCUT2D eigenvalue weighted by Crippen LogP contribution is 2.37. The molecule has 0 aromatic heterocycles. The van der Waals surface area contributed by atoms with E-state index in [1.165, 1.54) is 25.7 Å². The van der Waals surface area contributed by atoms with Crippen LogP contribution in [-0.2, 0) is 0 Å². The van der Waals surface area contributed by atoms with Gasteiger partial charge in [-0.3, -0.25) is 0 Å². The highest BCUT2D eigenvalue weighted by molar-refractivity contribution is 6.37. The second-order valence-electron chi connectivity index (χ2n) is 4.64. The number of phenolic OH excluding ortho intramolecular Hbond substituents is 1. The normalized spacial score (nSPS) is 23.9. The Morgan fingerprint density at radius 1 is 1.29 bits per heavy atom. The quantitative estimate of drug-likeness (QED) is 0.784. The summed E-state index contributed by atoms with van der Waals surface area (Å²) >= 11 is 11.8. The van der Waals surface area contributed by atoms with E-state index in [-0.39, 0.29) is 5.75 Å². The third-order valence-corrected chi connectivity index (χ3v) is 4.13. The summed E-state index contributed by atoms with van der Waals surface area (Å²) < 4.78 is 0. The first-order valence-electron chi connectivity index (χ1n) is 6.06. The predicted molar refractivity (Wildman–Crippen MR) is 73.2 cm³/mol. The van der Waals surface area contributed by atoms with Gasteiger partial charge in [0.25, 0.3) is 0 Å². The molecule has 1 fully saturated rings. The fourth-order valence-electron chi connectivity index (χ4n) is 2.58.